The normalized spacial score (nSPS) is 15.8. The molecule has 0 unspecified atom stereocenters. The molecule has 1 saturated heterocycles. The number of carbonyl (C=O) groups is 1. The van der Waals surface area contributed by atoms with E-state index in [-0.39, 0.29) is 5.91 Å². The van der Waals surface area contributed by atoms with Crippen LogP contribution in [0.3, 0.4) is 0 Å². The molecule has 114 valence electrons. The van der Waals surface area contributed by atoms with E-state index in [9.17, 15) is 4.79 Å². The monoisotopic (exact) mass is 296 g/mol. The number of piperazine rings is 1. The first-order valence-electron chi connectivity index (χ1n) is 7.67. The fraction of sp³-hybridized carbons (Fsp3) is 0.353. The van der Waals surface area contributed by atoms with E-state index in [0.717, 1.165) is 38.3 Å². The Hall–Kier alpha value is -2.27. The summed E-state index contributed by atoms with van der Waals surface area (Å²) >= 11 is 0. The van der Waals surface area contributed by atoms with Crippen molar-refractivity contribution in [3.05, 3.63) is 48.3 Å². The van der Waals surface area contributed by atoms with E-state index in [1.54, 1.807) is 18.5 Å². The molecular formula is C17H20N4O. The minimum absolute atomic E-state index is 0.0912. The van der Waals surface area contributed by atoms with Gasteiger partial charge in [0.25, 0.3) is 5.91 Å². The Morgan fingerprint density at radius 2 is 1.82 bits per heavy atom. The van der Waals surface area contributed by atoms with Crippen LogP contribution < -0.4 is 0 Å². The van der Waals surface area contributed by atoms with Crippen LogP contribution in [0, 0.1) is 0 Å². The molecule has 0 aliphatic carbocycles. The van der Waals surface area contributed by atoms with Crippen molar-refractivity contribution in [1.82, 2.24) is 19.8 Å². The maximum Gasteiger partial charge on any atom is 0.253 e. The molecule has 0 bridgehead atoms. The highest BCUT2D eigenvalue weighted by Crippen LogP contribution is 2.17. The molecule has 1 aromatic heterocycles. The van der Waals surface area contributed by atoms with Gasteiger partial charge in [0.15, 0.2) is 5.82 Å². The number of nitrogens with zero attached hydrogens (tertiary/aromatic N) is 4. The number of aromatic nitrogens is 2. The number of carbonyl (C=O) groups excluding carboxylic acids is 1. The van der Waals surface area contributed by atoms with Gasteiger partial charge in [-0.3, -0.25) is 4.79 Å². The topological polar surface area (TPSA) is 49.3 Å². The van der Waals surface area contributed by atoms with Gasteiger partial charge in [0.1, 0.15) is 0 Å². The maximum absolute atomic E-state index is 12.6. The van der Waals surface area contributed by atoms with E-state index in [0.29, 0.717) is 11.4 Å². The number of amides is 1. The molecule has 0 saturated carbocycles. The van der Waals surface area contributed by atoms with Crippen molar-refractivity contribution >= 4 is 5.91 Å². The fourth-order valence-electron chi connectivity index (χ4n) is 2.69. The third-order valence-electron chi connectivity index (χ3n) is 4.04. The molecule has 0 radical (unpaired) electrons. The smallest absolute Gasteiger partial charge is 0.253 e. The molecular weight excluding hydrogens is 276 g/mol. The standard InChI is InChI=1S/C17H20N4O/c1-2-20-9-11-21(12-10-20)17(22)15-6-3-5-14(13-15)16-18-7-4-8-19-16/h3-8,13H,2,9-12H2,1H3. The summed E-state index contributed by atoms with van der Waals surface area (Å²) in [7, 11) is 0. The summed E-state index contributed by atoms with van der Waals surface area (Å²) in [5.74, 6) is 0.737. The summed E-state index contributed by atoms with van der Waals surface area (Å²) < 4.78 is 0. The Labute approximate surface area is 130 Å². The second kappa shape index (κ2) is 6.66. The third-order valence-corrected chi connectivity index (χ3v) is 4.04. The molecule has 1 aliphatic rings. The number of benzene rings is 1. The predicted octanol–water partition coefficient (Wildman–Crippen LogP) is 1.92. The van der Waals surface area contributed by atoms with Gasteiger partial charge >= 0.3 is 0 Å². The zero-order chi connectivity index (χ0) is 15.4. The zero-order valence-corrected chi connectivity index (χ0v) is 12.8. The summed E-state index contributed by atoms with van der Waals surface area (Å²) in [6.07, 6.45) is 3.42. The highest BCUT2D eigenvalue weighted by atomic mass is 16.2. The van der Waals surface area contributed by atoms with E-state index >= 15 is 0 Å². The number of rotatable bonds is 3. The van der Waals surface area contributed by atoms with Crippen LogP contribution in [0.1, 0.15) is 17.3 Å². The van der Waals surface area contributed by atoms with E-state index in [1.165, 1.54) is 0 Å². The SMILES string of the molecule is CCN1CCN(C(=O)c2cccc(-c3ncccn3)c2)CC1. The minimum Gasteiger partial charge on any atom is -0.336 e. The molecule has 2 aromatic rings. The van der Waals surface area contributed by atoms with Crippen LogP contribution in [0.5, 0.6) is 0 Å². The van der Waals surface area contributed by atoms with Crippen molar-refractivity contribution in [2.24, 2.45) is 0 Å². The molecule has 0 spiro atoms. The van der Waals surface area contributed by atoms with Crippen molar-refractivity contribution in [3.8, 4) is 11.4 Å². The zero-order valence-electron chi connectivity index (χ0n) is 12.8. The first-order chi connectivity index (χ1) is 10.8. The van der Waals surface area contributed by atoms with Crippen molar-refractivity contribution in [2.45, 2.75) is 6.92 Å². The van der Waals surface area contributed by atoms with Gasteiger partial charge < -0.3 is 9.80 Å². The van der Waals surface area contributed by atoms with Gasteiger partial charge in [-0.1, -0.05) is 19.1 Å². The Kier molecular flexibility index (Phi) is 4.44. The average Bonchev–Trinajstić information content (AvgIpc) is 2.62. The summed E-state index contributed by atoms with van der Waals surface area (Å²) in [6.45, 7) is 6.68. The van der Waals surface area contributed by atoms with Crippen molar-refractivity contribution in [3.63, 3.8) is 0 Å². The van der Waals surface area contributed by atoms with E-state index in [2.05, 4.69) is 21.8 Å². The van der Waals surface area contributed by atoms with Crippen LogP contribution in [-0.4, -0.2) is 58.4 Å². The van der Waals surface area contributed by atoms with Gasteiger partial charge in [0.2, 0.25) is 0 Å². The summed E-state index contributed by atoms with van der Waals surface area (Å²) in [6, 6.07) is 9.35. The Morgan fingerprint density at radius 1 is 1.09 bits per heavy atom. The quantitative estimate of drug-likeness (QED) is 0.868. The Bertz CT molecular complexity index is 636. The van der Waals surface area contributed by atoms with Gasteiger partial charge in [0.05, 0.1) is 0 Å². The van der Waals surface area contributed by atoms with Crippen LogP contribution in [0.2, 0.25) is 0 Å². The molecule has 1 amide bonds. The number of hydrogen-bond acceptors (Lipinski definition) is 4. The van der Waals surface area contributed by atoms with Crippen molar-refractivity contribution in [2.75, 3.05) is 32.7 Å². The fourth-order valence-corrected chi connectivity index (χ4v) is 2.69. The highest BCUT2D eigenvalue weighted by molar-refractivity contribution is 5.95. The molecule has 5 heteroatoms. The molecule has 0 N–H and O–H groups in total. The highest BCUT2D eigenvalue weighted by Gasteiger charge is 2.21. The lowest BCUT2D eigenvalue weighted by Crippen LogP contribution is -2.48. The van der Waals surface area contributed by atoms with Crippen LogP contribution in [0.25, 0.3) is 11.4 Å². The van der Waals surface area contributed by atoms with Crippen LogP contribution >= 0.6 is 0 Å². The summed E-state index contributed by atoms with van der Waals surface area (Å²) in [5.41, 5.74) is 1.58. The summed E-state index contributed by atoms with van der Waals surface area (Å²) in [4.78, 5) is 25.4. The third kappa shape index (κ3) is 3.14. The maximum atomic E-state index is 12.6. The molecule has 1 fully saturated rings. The lowest BCUT2D eigenvalue weighted by molar-refractivity contribution is 0.0643. The molecule has 2 heterocycles. The lowest BCUT2D eigenvalue weighted by Gasteiger charge is -2.34. The second-order valence-electron chi connectivity index (χ2n) is 5.38. The molecule has 0 atom stereocenters. The van der Waals surface area contributed by atoms with Gasteiger partial charge in [0, 0.05) is 49.7 Å². The molecule has 22 heavy (non-hydrogen) atoms. The van der Waals surface area contributed by atoms with Crippen LogP contribution in [0.15, 0.2) is 42.7 Å². The van der Waals surface area contributed by atoms with Gasteiger partial charge in [-0.2, -0.15) is 0 Å². The average molecular weight is 296 g/mol. The van der Waals surface area contributed by atoms with E-state index in [4.69, 9.17) is 0 Å². The van der Waals surface area contributed by atoms with Crippen molar-refractivity contribution < 1.29 is 4.79 Å². The van der Waals surface area contributed by atoms with Crippen molar-refractivity contribution in [1.29, 1.82) is 0 Å². The molecule has 1 aliphatic heterocycles. The molecule has 5 nitrogen and oxygen atoms in total. The van der Waals surface area contributed by atoms with Crippen LogP contribution in [-0.2, 0) is 0 Å². The first-order valence-corrected chi connectivity index (χ1v) is 7.67. The van der Waals surface area contributed by atoms with Gasteiger partial charge in [-0.25, -0.2) is 9.97 Å². The van der Waals surface area contributed by atoms with Crippen LogP contribution in [0.4, 0.5) is 0 Å². The van der Waals surface area contributed by atoms with E-state index < -0.39 is 0 Å². The predicted molar refractivity (Wildman–Crippen MR) is 85.5 cm³/mol. The second-order valence-corrected chi connectivity index (χ2v) is 5.38. The lowest BCUT2D eigenvalue weighted by atomic mass is 10.1. The minimum atomic E-state index is 0.0912. The Morgan fingerprint density at radius 3 is 2.50 bits per heavy atom. The number of hydrogen-bond donors (Lipinski definition) is 0. The van der Waals surface area contributed by atoms with Gasteiger partial charge in [-0.05, 0) is 24.7 Å². The number of likely N-dealkylation sites (N-methyl/N-ethyl adjacent to an activating group) is 1. The largest absolute Gasteiger partial charge is 0.336 e. The van der Waals surface area contributed by atoms with E-state index in [1.807, 2.05) is 29.2 Å². The summed E-state index contributed by atoms with van der Waals surface area (Å²) in [5, 5.41) is 0. The molecule has 1 aromatic carbocycles. The molecule has 3 rings (SSSR count). The Balaban J connectivity index is 1.76. The first kappa shape index (κ1) is 14.7. The van der Waals surface area contributed by atoms with Gasteiger partial charge in [-0.15, -0.1) is 0 Å².